The van der Waals surface area contributed by atoms with Crippen molar-refractivity contribution in [3.05, 3.63) is 34.2 Å². The fraction of sp³-hybridized carbons (Fsp3) is 0.429. The van der Waals surface area contributed by atoms with Gasteiger partial charge in [0, 0.05) is 17.0 Å². The van der Waals surface area contributed by atoms with Crippen molar-refractivity contribution >= 4 is 23.4 Å². The molecule has 1 atom stereocenters. The molecule has 1 unspecified atom stereocenters. The molecule has 2 aliphatic heterocycles. The van der Waals surface area contributed by atoms with E-state index in [4.69, 9.17) is 15.4 Å². The molecule has 2 aliphatic rings. The number of ether oxygens (including phenoxy) is 1. The molecule has 0 saturated carbocycles. The van der Waals surface area contributed by atoms with Crippen molar-refractivity contribution in [2.75, 3.05) is 42.8 Å². The SMILES string of the molecule is [N-]=[N+]=NCC1CN(c2cc(F)c(N3CC(=O)N(CO)C3)c(F)c2)C(=O)O1. The zero-order valence-corrected chi connectivity index (χ0v) is 13.4. The van der Waals surface area contributed by atoms with E-state index in [-0.39, 0.29) is 32.0 Å². The number of rotatable bonds is 5. The standard InChI is InChI=1S/C14H14F2N6O4/c15-10-1-8(22-4-9(3-18-19-17)26-14(22)25)2-11(16)13(10)20-5-12(24)21(6-20)7-23/h1-2,9,23H,3-7H2. The summed E-state index contributed by atoms with van der Waals surface area (Å²) in [5, 5.41) is 12.4. The van der Waals surface area contributed by atoms with Gasteiger partial charge >= 0.3 is 6.09 Å². The molecule has 2 saturated heterocycles. The number of cyclic esters (lactones) is 1. The third-order valence-corrected chi connectivity index (χ3v) is 4.04. The summed E-state index contributed by atoms with van der Waals surface area (Å²) >= 11 is 0. The van der Waals surface area contributed by atoms with Crippen molar-refractivity contribution in [3.63, 3.8) is 0 Å². The van der Waals surface area contributed by atoms with Crippen LogP contribution in [0.25, 0.3) is 10.4 Å². The lowest BCUT2D eigenvalue weighted by Gasteiger charge is -2.21. The van der Waals surface area contributed by atoms with Crippen molar-refractivity contribution in [3.8, 4) is 0 Å². The van der Waals surface area contributed by atoms with Gasteiger partial charge in [-0.25, -0.2) is 13.6 Å². The van der Waals surface area contributed by atoms with Crippen molar-refractivity contribution in [1.82, 2.24) is 4.90 Å². The molecule has 26 heavy (non-hydrogen) atoms. The highest BCUT2D eigenvalue weighted by Crippen LogP contribution is 2.32. The molecule has 0 spiro atoms. The molecule has 0 radical (unpaired) electrons. The average Bonchev–Trinajstić information content (AvgIpc) is 3.14. The van der Waals surface area contributed by atoms with E-state index in [0.717, 1.165) is 26.8 Å². The molecular weight excluding hydrogens is 354 g/mol. The maximum absolute atomic E-state index is 14.5. The number of anilines is 2. The first-order valence-electron chi connectivity index (χ1n) is 7.56. The highest BCUT2D eigenvalue weighted by atomic mass is 19.1. The predicted molar refractivity (Wildman–Crippen MR) is 84.1 cm³/mol. The van der Waals surface area contributed by atoms with Crippen molar-refractivity contribution in [1.29, 1.82) is 0 Å². The molecule has 2 heterocycles. The number of amides is 2. The van der Waals surface area contributed by atoms with Gasteiger partial charge in [-0.1, -0.05) is 5.11 Å². The van der Waals surface area contributed by atoms with E-state index < -0.39 is 42.2 Å². The van der Waals surface area contributed by atoms with Gasteiger partial charge < -0.3 is 19.6 Å². The second-order valence-corrected chi connectivity index (χ2v) is 5.70. The van der Waals surface area contributed by atoms with Crippen molar-refractivity contribution in [2.24, 2.45) is 5.11 Å². The molecule has 1 aromatic rings. The van der Waals surface area contributed by atoms with E-state index in [9.17, 15) is 18.4 Å². The molecule has 3 rings (SSSR count). The van der Waals surface area contributed by atoms with Gasteiger partial charge in [0.15, 0.2) is 11.6 Å². The quantitative estimate of drug-likeness (QED) is 0.475. The van der Waals surface area contributed by atoms with Gasteiger partial charge in [-0.2, -0.15) is 0 Å². The van der Waals surface area contributed by atoms with Crippen molar-refractivity contribution in [2.45, 2.75) is 6.10 Å². The Morgan fingerprint density at radius 1 is 1.35 bits per heavy atom. The zero-order chi connectivity index (χ0) is 18.8. The highest BCUT2D eigenvalue weighted by Gasteiger charge is 2.35. The van der Waals surface area contributed by atoms with Gasteiger partial charge in [-0.05, 0) is 5.53 Å². The fourth-order valence-electron chi connectivity index (χ4n) is 2.84. The van der Waals surface area contributed by atoms with Crippen LogP contribution in [0.5, 0.6) is 0 Å². The number of hydrogen-bond donors (Lipinski definition) is 1. The van der Waals surface area contributed by atoms with Crippen LogP contribution in [0.3, 0.4) is 0 Å². The molecule has 2 amide bonds. The van der Waals surface area contributed by atoms with E-state index in [1.165, 1.54) is 0 Å². The van der Waals surface area contributed by atoms with Gasteiger partial charge in [0.25, 0.3) is 0 Å². The molecule has 0 bridgehead atoms. The minimum absolute atomic E-state index is 0.0173. The predicted octanol–water partition coefficient (Wildman–Crippen LogP) is 1.16. The topological polar surface area (TPSA) is 122 Å². The number of carbonyl (C=O) groups is 2. The van der Waals surface area contributed by atoms with E-state index in [2.05, 4.69) is 10.0 Å². The minimum Gasteiger partial charge on any atom is -0.444 e. The van der Waals surface area contributed by atoms with Gasteiger partial charge in [0.2, 0.25) is 5.91 Å². The number of halogens is 2. The summed E-state index contributed by atoms with van der Waals surface area (Å²) in [6, 6.07) is 1.92. The Balaban J connectivity index is 1.83. The van der Waals surface area contributed by atoms with Crippen LogP contribution >= 0.6 is 0 Å². The summed E-state index contributed by atoms with van der Waals surface area (Å²) in [6.45, 7) is -1.08. The molecule has 10 nitrogen and oxygen atoms in total. The first-order chi connectivity index (χ1) is 12.4. The Morgan fingerprint density at radius 2 is 2.04 bits per heavy atom. The Morgan fingerprint density at radius 3 is 2.62 bits per heavy atom. The molecule has 0 aliphatic carbocycles. The molecule has 0 aromatic heterocycles. The third kappa shape index (κ3) is 3.19. The van der Waals surface area contributed by atoms with Crippen LogP contribution < -0.4 is 9.80 Å². The van der Waals surface area contributed by atoms with Crippen LogP contribution in [0.4, 0.5) is 25.0 Å². The summed E-state index contributed by atoms with van der Waals surface area (Å²) < 4.78 is 33.9. The van der Waals surface area contributed by atoms with E-state index in [1.54, 1.807) is 0 Å². The molecule has 1 aromatic carbocycles. The lowest BCUT2D eigenvalue weighted by atomic mass is 10.2. The molecule has 12 heteroatoms. The third-order valence-electron chi connectivity index (χ3n) is 4.04. The Labute approximate surface area is 145 Å². The molecule has 138 valence electrons. The van der Waals surface area contributed by atoms with Crippen LogP contribution in [0, 0.1) is 11.6 Å². The second kappa shape index (κ2) is 7.02. The number of carbonyl (C=O) groups excluding carboxylic acids is 2. The van der Waals surface area contributed by atoms with Gasteiger partial charge in [0.1, 0.15) is 18.5 Å². The highest BCUT2D eigenvalue weighted by molar-refractivity contribution is 5.90. The summed E-state index contributed by atoms with van der Waals surface area (Å²) in [6.07, 6.45) is -1.52. The van der Waals surface area contributed by atoms with E-state index in [1.807, 2.05) is 0 Å². The van der Waals surface area contributed by atoms with Gasteiger partial charge in [-0.15, -0.1) is 0 Å². The first-order valence-corrected chi connectivity index (χ1v) is 7.56. The average molecular weight is 368 g/mol. The van der Waals surface area contributed by atoms with E-state index >= 15 is 0 Å². The Kier molecular flexibility index (Phi) is 4.78. The zero-order valence-electron chi connectivity index (χ0n) is 13.4. The lowest BCUT2D eigenvalue weighted by Crippen LogP contribution is -2.29. The largest absolute Gasteiger partial charge is 0.444 e. The van der Waals surface area contributed by atoms with Crippen LogP contribution in [-0.4, -0.2) is 61.1 Å². The first kappa shape index (κ1) is 17.7. The van der Waals surface area contributed by atoms with Crippen LogP contribution in [0.2, 0.25) is 0 Å². The van der Waals surface area contributed by atoms with E-state index in [0.29, 0.717) is 0 Å². The van der Waals surface area contributed by atoms with Crippen LogP contribution in [-0.2, 0) is 9.53 Å². The minimum atomic E-state index is -0.959. The molecule has 1 N–H and O–H groups in total. The number of hydrogen-bond acceptors (Lipinski definition) is 6. The maximum Gasteiger partial charge on any atom is 0.414 e. The Bertz CT molecular complexity index is 777. The number of aliphatic hydroxyl groups excluding tert-OH is 1. The molecule has 2 fully saturated rings. The second-order valence-electron chi connectivity index (χ2n) is 5.70. The van der Waals surface area contributed by atoms with Crippen LogP contribution in [0.15, 0.2) is 17.2 Å². The monoisotopic (exact) mass is 368 g/mol. The Hall–Kier alpha value is -3.11. The maximum atomic E-state index is 14.5. The number of aliphatic hydroxyl groups is 1. The summed E-state index contributed by atoms with van der Waals surface area (Å²) in [5.41, 5.74) is 7.82. The summed E-state index contributed by atoms with van der Waals surface area (Å²) in [4.78, 5) is 29.3. The van der Waals surface area contributed by atoms with Gasteiger partial charge in [-0.3, -0.25) is 9.69 Å². The number of nitrogens with zero attached hydrogens (tertiary/aromatic N) is 6. The number of azide groups is 1. The normalized spacial score (nSPS) is 19.8. The lowest BCUT2D eigenvalue weighted by molar-refractivity contribution is -0.129. The number of benzene rings is 1. The van der Waals surface area contributed by atoms with Gasteiger partial charge in [0.05, 0.1) is 32.0 Å². The fourth-order valence-corrected chi connectivity index (χ4v) is 2.84. The molecular formula is C14H14F2N6O4. The smallest absolute Gasteiger partial charge is 0.414 e. The summed E-state index contributed by atoms with van der Waals surface area (Å²) in [5.74, 6) is -2.38. The van der Waals surface area contributed by atoms with Crippen molar-refractivity contribution < 1.29 is 28.2 Å². The van der Waals surface area contributed by atoms with Crippen LogP contribution in [0.1, 0.15) is 0 Å². The summed E-state index contributed by atoms with van der Waals surface area (Å²) in [7, 11) is 0.